The average molecular weight is 432 g/mol. The summed E-state index contributed by atoms with van der Waals surface area (Å²) in [5.41, 5.74) is 1.03. The van der Waals surface area contributed by atoms with Gasteiger partial charge in [0.25, 0.3) is 10.0 Å². The number of ether oxygens (including phenoxy) is 2. The van der Waals surface area contributed by atoms with Gasteiger partial charge in [0.1, 0.15) is 17.5 Å². The first kappa shape index (κ1) is 21.6. The van der Waals surface area contributed by atoms with Crippen molar-refractivity contribution < 1.29 is 27.5 Å². The summed E-state index contributed by atoms with van der Waals surface area (Å²) in [5.74, 6) is -0.190. The largest absolute Gasteiger partial charge is 0.496 e. The van der Waals surface area contributed by atoms with Crippen molar-refractivity contribution in [3.05, 3.63) is 48.0 Å². The molecule has 1 aliphatic heterocycles. The van der Waals surface area contributed by atoms with E-state index in [1.165, 1.54) is 25.3 Å². The third kappa shape index (κ3) is 4.11. The maximum atomic E-state index is 13.2. The van der Waals surface area contributed by atoms with Gasteiger partial charge in [-0.05, 0) is 56.2 Å². The molecule has 0 bridgehead atoms. The van der Waals surface area contributed by atoms with E-state index in [2.05, 4.69) is 5.32 Å². The number of carbonyl (C=O) groups excluding carboxylic acids is 2. The molecule has 2 amide bonds. The molecule has 0 saturated carbocycles. The first-order valence-electron chi connectivity index (χ1n) is 9.54. The van der Waals surface area contributed by atoms with Crippen LogP contribution in [0, 0.1) is 6.92 Å². The smallest absolute Gasteiger partial charge is 0.267 e. The van der Waals surface area contributed by atoms with Gasteiger partial charge in [0.05, 0.1) is 24.3 Å². The number of rotatable bonds is 7. The number of benzene rings is 2. The molecule has 3 rings (SSSR count). The van der Waals surface area contributed by atoms with Crippen molar-refractivity contribution in [1.82, 2.24) is 4.31 Å². The third-order valence-electron chi connectivity index (χ3n) is 4.83. The molecule has 8 nitrogen and oxygen atoms in total. The number of hydrogen-bond acceptors (Lipinski definition) is 6. The van der Waals surface area contributed by atoms with Crippen molar-refractivity contribution in [1.29, 1.82) is 0 Å². The lowest BCUT2D eigenvalue weighted by Gasteiger charge is -2.24. The molecule has 0 unspecified atom stereocenters. The Labute approximate surface area is 175 Å². The van der Waals surface area contributed by atoms with Crippen LogP contribution in [0.4, 0.5) is 5.69 Å². The van der Waals surface area contributed by atoms with Crippen molar-refractivity contribution in [3.63, 3.8) is 0 Å². The van der Waals surface area contributed by atoms with E-state index in [9.17, 15) is 18.0 Å². The summed E-state index contributed by atoms with van der Waals surface area (Å²) < 4.78 is 37.7. The van der Waals surface area contributed by atoms with Crippen LogP contribution in [0.25, 0.3) is 0 Å². The number of aryl methyl sites for hydroxylation is 1. The number of nitrogens with zero attached hydrogens (tertiary/aromatic N) is 1. The van der Waals surface area contributed by atoms with Crippen LogP contribution < -0.4 is 14.8 Å². The molecule has 160 valence electrons. The van der Waals surface area contributed by atoms with Gasteiger partial charge in [-0.15, -0.1) is 0 Å². The number of sulfonamides is 1. The van der Waals surface area contributed by atoms with Crippen molar-refractivity contribution in [3.8, 4) is 11.5 Å². The predicted octanol–water partition coefficient (Wildman–Crippen LogP) is 2.72. The quantitative estimate of drug-likeness (QED) is 0.722. The Bertz CT molecular complexity index is 1070. The van der Waals surface area contributed by atoms with Gasteiger partial charge in [-0.2, -0.15) is 0 Å². The van der Waals surface area contributed by atoms with E-state index in [0.29, 0.717) is 33.7 Å². The van der Waals surface area contributed by atoms with Gasteiger partial charge in [0, 0.05) is 6.42 Å². The zero-order chi connectivity index (χ0) is 21.9. The number of hydrogen-bond donors (Lipinski definition) is 1. The van der Waals surface area contributed by atoms with E-state index >= 15 is 0 Å². The topological polar surface area (TPSA) is 102 Å². The molecule has 0 aromatic heterocycles. The van der Waals surface area contributed by atoms with E-state index in [-0.39, 0.29) is 17.7 Å². The third-order valence-corrected chi connectivity index (χ3v) is 6.66. The summed E-state index contributed by atoms with van der Waals surface area (Å²) >= 11 is 0. The summed E-state index contributed by atoms with van der Waals surface area (Å²) in [6.45, 7) is 3.93. The normalized spacial score (nSPS) is 16.4. The molecule has 0 radical (unpaired) electrons. The molecule has 2 aromatic rings. The van der Waals surface area contributed by atoms with Gasteiger partial charge < -0.3 is 14.8 Å². The summed E-state index contributed by atoms with van der Waals surface area (Å²) in [6, 6.07) is 10.0. The lowest BCUT2D eigenvalue weighted by atomic mass is 10.2. The van der Waals surface area contributed by atoms with Crippen LogP contribution in [0.5, 0.6) is 11.5 Å². The summed E-state index contributed by atoms with van der Waals surface area (Å²) in [4.78, 5) is 25.3. The highest BCUT2D eigenvalue weighted by Gasteiger charge is 2.44. The minimum atomic E-state index is -4.21. The number of para-hydroxylation sites is 2. The van der Waals surface area contributed by atoms with Crippen LogP contribution >= 0.6 is 0 Å². The lowest BCUT2D eigenvalue weighted by molar-refractivity contribution is -0.128. The molecular weight excluding hydrogens is 408 g/mol. The van der Waals surface area contributed by atoms with E-state index in [4.69, 9.17) is 9.47 Å². The van der Waals surface area contributed by atoms with Gasteiger partial charge in [-0.3, -0.25) is 9.59 Å². The first-order chi connectivity index (χ1) is 14.3. The highest BCUT2D eigenvalue weighted by atomic mass is 32.2. The Morgan fingerprint density at radius 1 is 1.20 bits per heavy atom. The molecule has 0 aliphatic carbocycles. The van der Waals surface area contributed by atoms with Gasteiger partial charge in [0.15, 0.2) is 0 Å². The van der Waals surface area contributed by atoms with Crippen LogP contribution in [-0.2, 0) is 19.6 Å². The van der Waals surface area contributed by atoms with Crippen LogP contribution in [0.3, 0.4) is 0 Å². The molecule has 1 N–H and O–H groups in total. The number of nitrogens with one attached hydrogen (secondary N) is 1. The van der Waals surface area contributed by atoms with Crippen LogP contribution in [0.15, 0.2) is 47.4 Å². The molecular formula is C21H24N2O6S. The Morgan fingerprint density at radius 3 is 2.60 bits per heavy atom. The molecule has 0 spiro atoms. The molecule has 1 fully saturated rings. The SMILES string of the molecule is CCOc1ccccc1NC(=O)[C@H]1CCC(=O)N1S(=O)(=O)c1ccc(OC)c(C)c1. The monoisotopic (exact) mass is 432 g/mol. The van der Waals surface area contributed by atoms with Crippen LogP contribution in [0.2, 0.25) is 0 Å². The Morgan fingerprint density at radius 2 is 1.93 bits per heavy atom. The highest BCUT2D eigenvalue weighted by molar-refractivity contribution is 7.89. The maximum absolute atomic E-state index is 13.2. The minimum Gasteiger partial charge on any atom is -0.496 e. The standard InChI is InChI=1S/C21H24N2O6S/c1-4-29-19-8-6-5-7-16(19)22-21(25)17-10-12-20(24)23(17)30(26,27)15-9-11-18(28-3)14(2)13-15/h5-9,11,13,17H,4,10,12H2,1-3H3,(H,22,25)/t17-/m1/s1. The number of amides is 2. The fourth-order valence-corrected chi connectivity index (χ4v) is 5.08. The summed E-state index contributed by atoms with van der Waals surface area (Å²) in [6.07, 6.45) is 0.0788. The zero-order valence-electron chi connectivity index (χ0n) is 17.0. The molecule has 1 heterocycles. The van der Waals surface area contributed by atoms with E-state index in [0.717, 1.165) is 0 Å². The molecule has 9 heteroatoms. The maximum Gasteiger partial charge on any atom is 0.267 e. The molecule has 1 saturated heterocycles. The Balaban J connectivity index is 1.90. The Hall–Kier alpha value is -3.07. The van der Waals surface area contributed by atoms with Gasteiger partial charge in [-0.1, -0.05) is 12.1 Å². The van der Waals surface area contributed by atoms with Crippen molar-refractivity contribution in [2.75, 3.05) is 19.0 Å². The fourth-order valence-electron chi connectivity index (χ4n) is 3.39. The average Bonchev–Trinajstić information content (AvgIpc) is 3.12. The van der Waals surface area contributed by atoms with E-state index < -0.39 is 27.9 Å². The second kappa shape index (κ2) is 8.74. The fraction of sp³-hybridized carbons (Fsp3) is 0.333. The minimum absolute atomic E-state index is 0.0282. The Kier molecular flexibility index (Phi) is 6.31. The first-order valence-corrected chi connectivity index (χ1v) is 11.0. The van der Waals surface area contributed by atoms with E-state index in [1.807, 2.05) is 6.92 Å². The zero-order valence-corrected chi connectivity index (χ0v) is 17.9. The predicted molar refractivity (Wildman–Crippen MR) is 111 cm³/mol. The van der Waals surface area contributed by atoms with E-state index in [1.54, 1.807) is 31.2 Å². The second-order valence-corrected chi connectivity index (χ2v) is 8.61. The molecule has 1 atom stereocenters. The van der Waals surface area contributed by atoms with Gasteiger partial charge in [-0.25, -0.2) is 12.7 Å². The lowest BCUT2D eigenvalue weighted by Crippen LogP contribution is -2.45. The second-order valence-electron chi connectivity index (χ2n) is 6.80. The molecule has 2 aromatic carbocycles. The number of carbonyl (C=O) groups is 2. The molecule has 1 aliphatic rings. The van der Waals surface area contributed by atoms with Crippen LogP contribution in [0.1, 0.15) is 25.3 Å². The highest BCUT2D eigenvalue weighted by Crippen LogP contribution is 2.31. The summed E-state index contributed by atoms with van der Waals surface area (Å²) in [5, 5.41) is 2.70. The van der Waals surface area contributed by atoms with Crippen LogP contribution in [-0.4, -0.2) is 44.3 Å². The van der Waals surface area contributed by atoms with Crippen molar-refractivity contribution in [2.45, 2.75) is 37.6 Å². The number of methoxy groups -OCH3 is 1. The van der Waals surface area contributed by atoms with Gasteiger partial charge in [0.2, 0.25) is 11.8 Å². The number of anilines is 1. The van der Waals surface area contributed by atoms with Crippen molar-refractivity contribution in [2.24, 2.45) is 0 Å². The van der Waals surface area contributed by atoms with Gasteiger partial charge >= 0.3 is 0 Å². The molecule has 30 heavy (non-hydrogen) atoms. The van der Waals surface area contributed by atoms with Crippen molar-refractivity contribution >= 4 is 27.5 Å². The summed E-state index contributed by atoms with van der Waals surface area (Å²) in [7, 11) is -2.72.